The molecule has 0 aromatic carbocycles. The van der Waals surface area contributed by atoms with E-state index >= 15 is 0 Å². The molecule has 0 saturated carbocycles. The van der Waals surface area contributed by atoms with Gasteiger partial charge in [0.05, 0.1) is 11.2 Å². The van der Waals surface area contributed by atoms with Crippen LogP contribution in [0.3, 0.4) is 0 Å². The molecule has 2 unspecified atom stereocenters. The van der Waals surface area contributed by atoms with Gasteiger partial charge in [0.2, 0.25) is 0 Å². The van der Waals surface area contributed by atoms with E-state index in [-0.39, 0.29) is 6.04 Å². The molecule has 1 aliphatic rings. The van der Waals surface area contributed by atoms with Crippen LogP contribution in [0.25, 0.3) is 0 Å². The highest BCUT2D eigenvalue weighted by Crippen LogP contribution is 2.32. The molecule has 0 amide bonds. The highest BCUT2D eigenvalue weighted by molar-refractivity contribution is 9.09. The van der Waals surface area contributed by atoms with Crippen molar-refractivity contribution in [1.29, 1.82) is 0 Å². The Labute approximate surface area is 114 Å². The second kappa shape index (κ2) is 4.95. The number of hydrogen-bond donors (Lipinski definition) is 0. The molecular formula is C10H15BrN2O2S2. The molecule has 0 aliphatic carbocycles. The standard InChI is InChI=1S/C10H15BrN2O2S2/c1-7-3-4-13(9(7)5-11)17(14,15)10-6-12-8(2)16-10/h6-7,9H,3-5H2,1-2H3. The summed E-state index contributed by atoms with van der Waals surface area (Å²) in [6.07, 6.45) is 2.39. The Bertz CT molecular complexity index is 500. The molecule has 0 radical (unpaired) electrons. The summed E-state index contributed by atoms with van der Waals surface area (Å²) < 4.78 is 26.8. The minimum absolute atomic E-state index is 0.0578. The Morgan fingerprint density at radius 2 is 2.35 bits per heavy atom. The van der Waals surface area contributed by atoms with Gasteiger partial charge in [0.15, 0.2) is 4.21 Å². The number of nitrogens with zero attached hydrogens (tertiary/aromatic N) is 2. The van der Waals surface area contributed by atoms with Crippen molar-refractivity contribution >= 4 is 37.3 Å². The van der Waals surface area contributed by atoms with E-state index in [2.05, 4.69) is 27.8 Å². The fourth-order valence-corrected chi connectivity index (χ4v) is 6.23. The van der Waals surface area contributed by atoms with Crippen molar-refractivity contribution in [2.24, 2.45) is 5.92 Å². The zero-order valence-corrected chi connectivity index (χ0v) is 13.0. The molecule has 1 aromatic rings. The van der Waals surface area contributed by atoms with E-state index in [9.17, 15) is 8.42 Å². The third-order valence-electron chi connectivity index (χ3n) is 3.15. The zero-order valence-electron chi connectivity index (χ0n) is 9.76. The number of halogens is 1. The number of aryl methyl sites for hydroxylation is 1. The summed E-state index contributed by atoms with van der Waals surface area (Å²) in [4.78, 5) is 4.03. The summed E-state index contributed by atoms with van der Waals surface area (Å²) in [5.74, 6) is 0.401. The van der Waals surface area contributed by atoms with Gasteiger partial charge in [-0.15, -0.1) is 11.3 Å². The number of alkyl halides is 1. The van der Waals surface area contributed by atoms with Gasteiger partial charge in [-0.1, -0.05) is 22.9 Å². The third-order valence-corrected chi connectivity index (χ3v) is 7.09. The van der Waals surface area contributed by atoms with Crippen molar-refractivity contribution in [3.8, 4) is 0 Å². The van der Waals surface area contributed by atoms with Gasteiger partial charge in [-0.05, 0) is 19.3 Å². The van der Waals surface area contributed by atoms with Crippen molar-refractivity contribution in [2.75, 3.05) is 11.9 Å². The summed E-state index contributed by atoms with van der Waals surface area (Å²) in [5.41, 5.74) is 0. The van der Waals surface area contributed by atoms with Crippen LogP contribution in [0, 0.1) is 12.8 Å². The first-order chi connectivity index (χ1) is 7.96. The van der Waals surface area contributed by atoms with Crippen molar-refractivity contribution in [3.05, 3.63) is 11.2 Å². The molecule has 96 valence electrons. The first-order valence-corrected chi connectivity index (χ1v) is 8.85. The van der Waals surface area contributed by atoms with Gasteiger partial charge >= 0.3 is 0 Å². The highest BCUT2D eigenvalue weighted by Gasteiger charge is 2.39. The molecule has 2 rings (SSSR count). The molecule has 0 spiro atoms. The first kappa shape index (κ1) is 13.5. The Kier molecular flexibility index (Phi) is 3.92. The predicted octanol–water partition coefficient (Wildman–Crippen LogP) is 2.25. The average Bonchev–Trinajstić information content (AvgIpc) is 2.84. The maximum atomic E-state index is 12.4. The summed E-state index contributed by atoms with van der Waals surface area (Å²) in [5, 5.41) is 1.47. The van der Waals surface area contributed by atoms with Gasteiger partial charge in [-0.2, -0.15) is 4.31 Å². The molecule has 0 N–H and O–H groups in total. The van der Waals surface area contributed by atoms with Crippen LogP contribution in [-0.4, -0.2) is 35.6 Å². The second-order valence-corrected chi connectivity index (χ2v) is 8.30. The number of hydrogen-bond acceptors (Lipinski definition) is 4. The normalized spacial score (nSPS) is 26.5. The van der Waals surface area contributed by atoms with Gasteiger partial charge in [-0.25, -0.2) is 13.4 Å². The smallest absolute Gasteiger partial charge is 0.249 e. The molecule has 1 aliphatic heterocycles. The molecular weight excluding hydrogens is 324 g/mol. The van der Waals surface area contributed by atoms with Crippen LogP contribution in [0.1, 0.15) is 18.4 Å². The zero-order chi connectivity index (χ0) is 12.6. The lowest BCUT2D eigenvalue weighted by molar-refractivity contribution is 0.379. The van der Waals surface area contributed by atoms with Crippen molar-refractivity contribution in [2.45, 2.75) is 30.5 Å². The van der Waals surface area contributed by atoms with E-state index in [1.807, 2.05) is 6.92 Å². The summed E-state index contributed by atoms with van der Waals surface area (Å²) in [6.45, 7) is 4.52. The lowest BCUT2D eigenvalue weighted by Crippen LogP contribution is -2.38. The van der Waals surface area contributed by atoms with Crippen LogP contribution < -0.4 is 0 Å². The molecule has 17 heavy (non-hydrogen) atoms. The quantitative estimate of drug-likeness (QED) is 0.794. The summed E-state index contributed by atoms with van der Waals surface area (Å²) >= 11 is 4.65. The lowest BCUT2D eigenvalue weighted by Gasteiger charge is -2.23. The van der Waals surface area contributed by atoms with Gasteiger partial charge in [0.1, 0.15) is 0 Å². The highest BCUT2D eigenvalue weighted by atomic mass is 79.9. The van der Waals surface area contributed by atoms with E-state index in [0.29, 0.717) is 22.0 Å². The first-order valence-electron chi connectivity index (χ1n) is 5.47. The maximum Gasteiger partial charge on any atom is 0.254 e. The van der Waals surface area contributed by atoms with Crippen LogP contribution in [0.2, 0.25) is 0 Å². The van der Waals surface area contributed by atoms with Gasteiger partial charge < -0.3 is 0 Å². The van der Waals surface area contributed by atoms with Crippen molar-refractivity contribution in [1.82, 2.24) is 9.29 Å². The maximum absolute atomic E-state index is 12.4. The average molecular weight is 339 g/mol. The minimum atomic E-state index is -3.35. The molecule has 1 saturated heterocycles. The Hall–Kier alpha value is 0.0200. The SMILES string of the molecule is Cc1ncc(S(=O)(=O)N2CCC(C)C2CBr)s1. The van der Waals surface area contributed by atoms with Crippen LogP contribution in [0.5, 0.6) is 0 Å². The van der Waals surface area contributed by atoms with Crippen LogP contribution >= 0.6 is 27.3 Å². The van der Waals surface area contributed by atoms with E-state index in [1.165, 1.54) is 17.5 Å². The molecule has 7 heteroatoms. The van der Waals surface area contributed by atoms with Crippen molar-refractivity contribution in [3.63, 3.8) is 0 Å². The Morgan fingerprint density at radius 1 is 1.65 bits per heavy atom. The third kappa shape index (κ3) is 2.43. The molecule has 0 bridgehead atoms. The van der Waals surface area contributed by atoms with E-state index in [4.69, 9.17) is 0 Å². The number of thiazole rings is 1. The topological polar surface area (TPSA) is 50.3 Å². The fraction of sp³-hybridized carbons (Fsp3) is 0.700. The van der Waals surface area contributed by atoms with Crippen molar-refractivity contribution < 1.29 is 8.42 Å². The second-order valence-electron chi connectivity index (χ2n) is 4.30. The molecule has 2 heterocycles. The van der Waals surface area contributed by atoms with Crippen LogP contribution in [0.15, 0.2) is 10.4 Å². The lowest BCUT2D eigenvalue weighted by atomic mass is 10.1. The molecule has 1 fully saturated rings. The number of rotatable bonds is 3. The Morgan fingerprint density at radius 3 is 2.88 bits per heavy atom. The molecule has 1 aromatic heterocycles. The largest absolute Gasteiger partial charge is 0.254 e. The molecule has 2 atom stereocenters. The van der Waals surface area contributed by atoms with Crippen LogP contribution in [0.4, 0.5) is 0 Å². The fourth-order valence-electron chi connectivity index (χ4n) is 2.08. The van der Waals surface area contributed by atoms with E-state index in [1.54, 1.807) is 4.31 Å². The van der Waals surface area contributed by atoms with Gasteiger partial charge in [0, 0.05) is 17.9 Å². The number of sulfonamides is 1. The van der Waals surface area contributed by atoms with E-state index in [0.717, 1.165) is 11.4 Å². The predicted molar refractivity (Wildman–Crippen MR) is 72.1 cm³/mol. The monoisotopic (exact) mass is 338 g/mol. The van der Waals surface area contributed by atoms with Gasteiger partial charge in [0.25, 0.3) is 10.0 Å². The molecule has 4 nitrogen and oxygen atoms in total. The summed E-state index contributed by atoms with van der Waals surface area (Å²) in [7, 11) is -3.35. The van der Waals surface area contributed by atoms with E-state index < -0.39 is 10.0 Å². The van der Waals surface area contributed by atoms with Crippen LogP contribution in [-0.2, 0) is 10.0 Å². The number of aromatic nitrogens is 1. The Balaban J connectivity index is 2.33. The minimum Gasteiger partial charge on any atom is -0.249 e. The summed E-state index contributed by atoms with van der Waals surface area (Å²) in [6, 6.07) is 0.0578. The van der Waals surface area contributed by atoms with Gasteiger partial charge in [-0.3, -0.25) is 0 Å².